The molecule has 3 rings (SSSR count). The number of hydrogen-bond donors (Lipinski definition) is 3. The number of rotatable bonds is 10. The van der Waals surface area contributed by atoms with E-state index in [1.807, 2.05) is 0 Å². The first-order valence-electron chi connectivity index (χ1n) is 11.9. The minimum absolute atomic E-state index is 0.175. The number of amides is 3. The molecule has 1 aliphatic heterocycles. The number of nitrogens with one attached hydrogen (secondary N) is 2. The van der Waals surface area contributed by atoms with Gasteiger partial charge < -0.3 is 16.4 Å². The van der Waals surface area contributed by atoms with Crippen LogP contribution in [0, 0.1) is 11.8 Å². The van der Waals surface area contributed by atoms with Crippen LogP contribution in [-0.4, -0.2) is 41.7 Å². The van der Waals surface area contributed by atoms with E-state index < -0.39 is 73.5 Å². The van der Waals surface area contributed by atoms with Crippen LogP contribution in [0.15, 0.2) is 53.5 Å². The summed E-state index contributed by atoms with van der Waals surface area (Å²) in [6.07, 6.45) is -10.3. The molecule has 210 valence electrons. The predicted molar refractivity (Wildman–Crippen MR) is 135 cm³/mol. The van der Waals surface area contributed by atoms with Crippen molar-refractivity contribution in [1.82, 2.24) is 5.32 Å². The van der Waals surface area contributed by atoms with E-state index in [1.165, 1.54) is 6.07 Å². The van der Waals surface area contributed by atoms with Gasteiger partial charge in [-0.3, -0.25) is 14.4 Å². The number of halogens is 6. The SMILES string of the molecule is CC(F)(F)CC[C@H](C(N)=O)[C@@H](CCC(F)(F)F)C(=O)N[C@H]1N=C(c2ccccc2)c2cccc(Cl)c2NC1=O. The average Bonchev–Trinajstić information content (AvgIpc) is 2.97. The average molecular weight is 573 g/mol. The molecule has 0 unspecified atom stereocenters. The van der Waals surface area contributed by atoms with Crippen molar-refractivity contribution in [3.63, 3.8) is 0 Å². The Hall–Kier alpha value is -3.54. The Morgan fingerprint density at radius 1 is 1.03 bits per heavy atom. The highest BCUT2D eigenvalue weighted by Crippen LogP contribution is 2.33. The third-order valence-corrected chi connectivity index (χ3v) is 6.49. The summed E-state index contributed by atoms with van der Waals surface area (Å²) in [6.45, 7) is 0.578. The molecule has 2 aromatic carbocycles. The Balaban J connectivity index is 1.99. The van der Waals surface area contributed by atoms with E-state index in [9.17, 15) is 36.3 Å². The van der Waals surface area contributed by atoms with Crippen molar-refractivity contribution in [3.8, 4) is 0 Å². The number of benzodiazepines with no additional fused rings is 1. The number of nitrogens with two attached hydrogens (primary N) is 1. The summed E-state index contributed by atoms with van der Waals surface area (Å²) in [7, 11) is 0. The van der Waals surface area contributed by atoms with Crippen molar-refractivity contribution in [2.75, 3.05) is 5.32 Å². The normalized spacial score (nSPS) is 17.3. The van der Waals surface area contributed by atoms with E-state index in [4.69, 9.17) is 17.3 Å². The van der Waals surface area contributed by atoms with Gasteiger partial charge in [-0.15, -0.1) is 0 Å². The second kappa shape index (κ2) is 12.1. The van der Waals surface area contributed by atoms with Crippen LogP contribution in [-0.2, 0) is 14.4 Å². The first-order valence-corrected chi connectivity index (χ1v) is 12.3. The number of para-hydroxylation sites is 1. The van der Waals surface area contributed by atoms with Crippen LogP contribution in [0.25, 0.3) is 0 Å². The Morgan fingerprint density at radius 2 is 1.67 bits per heavy atom. The number of primary amides is 1. The minimum atomic E-state index is -4.70. The summed E-state index contributed by atoms with van der Waals surface area (Å²) >= 11 is 6.29. The molecule has 0 saturated carbocycles. The van der Waals surface area contributed by atoms with Gasteiger partial charge in [0.1, 0.15) is 0 Å². The number of fused-ring (bicyclic) bond motifs is 1. The Morgan fingerprint density at radius 3 is 2.26 bits per heavy atom. The standard InChI is InChI=1S/C26H26ClF5N4O3/c1-25(28,29)12-10-15(21(33)37)16(11-13-26(30,31)32)23(38)36-22-24(39)35-20-17(8-5-9-18(20)27)19(34-22)14-6-3-2-4-7-14/h2-9,15-16,22H,10-13H2,1H3,(H2,33,37)(H,35,39)(H,36,38)/t15-,16+,22+/m0/s1. The van der Waals surface area contributed by atoms with E-state index in [2.05, 4.69) is 15.6 Å². The lowest BCUT2D eigenvalue weighted by atomic mass is 9.83. The molecule has 0 aliphatic carbocycles. The maximum Gasteiger partial charge on any atom is 0.389 e. The Kier molecular flexibility index (Phi) is 9.31. The number of carbonyl (C=O) groups is 3. The third kappa shape index (κ3) is 8.22. The fourth-order valence-electron chi connectivity index (χ4n) is 4.25. The van der Waals surface area contributed by atoms with Crippen molar-refractivity contribution in [2.45, 2.75) is 50.9 Å². The fourth-order valence-corrected chi connectivity index (χ4v) is 4.47. The molecular weight excluding hydrogens is 547 g/mol. The minimum Gasteiger partial charge on any atom is -0.369 e. The second-order valence-electron chi connectivity index (χ2n) is 9.28. The van der Waals surface area contributed by atoms with E-state index in [1.54, 1.807) is 42.5 Å². The molecular formula is C26H26ClF5N4O3. The molecule has 2 aromatic rings. The quantitative estimate of drug-likeness (QED) is 0.346. The number of aliphatic imine (C=N–C) groups is 1. The second-order valence-corrected chi connectivity index (χ2v) is 9.69. The fraction of sp³-hybridized carbons (Fsp3) is 0.385. The van der Waals surface area contributed by atoms with E-state index in [0.29, 0.717) is 18.1 Å². The van der Waals surface area contributed by atoms with Crippen LogP contribution in [0.1, 0.15) is 43.7 Å². The highest BCUT2D eigenvalue weighted by atomic mass is 35.5. The summed E-state index contributed by atoms with van der Waals surface area (Å²) in [4.78, 5) is 42.9. The molecule has 1 heterocycles. The number of hydrogen-bond acceptors (Lipinski definition) is 4. The highest BCUT2D eigenvalue weighted by Gasteiger charge is 2.40. The van der Waals surface area contributed by atoms with Crippen LogP contribution in [0.4, 0.5) is 27.6 Å². The third-order valence-electron chi connectivity index (χ3n) is 6.17. The molecule has 3 amide bonds. The predicted octanol–water partition coefficient (Wildman–Crippen LogP) is 5.07. The summed E-state index contributed by atoms with van der Waals surface area (Å²) < 4.78 is 66.2. The van der Waals surface area contributed by atoms with E-state index in [-0.39, 0.29) is 16.4 Å². The zero-order chi connectivity index (χ0) is 29.0. The molecule has 1 aliphatic rings. The highest BCUT2D eigenvalue weighted by molar-refractivity contribution is 6.36. The topological polar surface area (TPSA) is 114 Å². The van der Waals surface area contributed by atoms with Crippen LogP contribution < -0.4 is 16.4 Å². The zero-order valence-electron chi connectivity index (χ0n) is 20.7. The number of benzene rings is 2. The molecule has 0 radical (unpaired) electrons. The molecule has 7 nitrogen and oxygen atoms in total. The van der Waals surface area contributed by atoms with Gasteiger partial charge in [0.15, 0.2) is 0 Å². The molecule has 0 saturated heterocycles. The van der Waals surface area contributed by atoms with Gasteiger partial charge in [0.2, 0.25) is 23.9 Å². The summed E-state index contributed by atoms with van der Waals surface area (Å²) in [5, 5.41) is 5.03. The zero-order valence-corrected chi connectivity index (χ0v) is 21.5. The molecule has 4 N–H and O–H groups in total. The van der Waals surface area contributed by atoms with Gasteiger partial charge in [-0.1, -0.05) is 54.1 Å². The van der Waals surface area contributed by atoms with Crippen LogP contribution in [0.3, 0.4) is 0 Å². The van der Waals surface area contributed by atoms with Crippen molar-refractivity contribution in [1.29, 1.82) is 0 Å². The first kappa shape index (κ1) is 30.0. The van der Waals surface area contributed by atoms with Crippen molar-refractivity contribution < 1.29 is 36.3 Å². The molecule has 13 heteroatoms. The molecule has 3 atom stereocenters. The van der Waals surface area contributed by atoms with Gasteiger partial charge >= 0.3 is 6.18 Å². The number of nitrogens with zero attached hydrogens (tertiary/aromatic N) is 1. The maximum absolute atomic E-state index is 13.5. The van der Waals surface area contributed by atoms with E-state index >= 15 is 0 Å². The smallest absolute Gasteiger partial charge is 0.369 e. The van der Waals surface area contributed by atoms with Crippen LogP contribution >= 0.6 is 11.6 Å². The maximum atomic E-state index is 13.5. The molecule has 0 aromatic heterocycles. The van der Waals surface area contributed by atoms with Gasteiger partial charge in [0.25, 0.3) is 5.91 Å². The van der Waals surface area contributed by atoms with Crippen molar-refractivity contribution in [3.05, 3.63) is 64.7 Å². The largest absolute Gasteiger partial charge is 0.389 e. The van der Waals surface area contributed by atoms with Gasteiger partial charge in [-0.25, -0.2) is 13.8 Å². The molecule has 39 heavy (non-hydrogen) atoms. The van der Waals surface area contributed by atoms with E-state index in [0.717, 1.165) is 0 Å². The van der Waals surface area contributed by atoms with Crippen molar-refractivity contribution in [2.24, 2.45) is 22.6 Å². The Labute approximate surface area is 226 Å². The summed E-state index contributed by atoms with van der Waals surface area (Å²) in [5.74, 6) is -9.86. The van der Waals surface area contributed by atoms with Crippen molar-refractivity contribution >= 4 is 40.7 Å². The molecule has 0 bridgehead atoms. The van der Waals surface area contributed by atoms with Gasteiger partial charge in [0, 0.05) is 35.8 Å². The first-order chi connectivity index (χ1) is 18.2. The molecule has 0 fully saturated rings. The summed E-state index contributed by atoms with van der Waals surface area (Å²) in [6, 6.07) is 13.3. The lowest BCUT2D eigenvalue weighted by Crippen LogP contribution is -2.48. The van der Waals surface area contributed by atoms with Crippen LogP contribution in [0.2, 0.25) is 5.02 Å². The number of anilines is 1. The summed E-state index contributed by atoms with van der Waals surface area (Å²) in [5.41, 5.74) is 6.76. The van der Waals surface area contributed by atoms with Gasteiger partial charge in [0.05, 0.1) is 16.4 Å². The van der Waals surface area contributed by atoms with Crippen LogP contribution in [0.5, 0.6) is 0 Å². The lowest BCUT2D eigenvalue weighted by Gasteiger charge is -2.26. The molecule has 0 spiro atoms. The van der Waals surface area contributed by atoms with Gasteiger partial charge in [-0.05, 0) is 25.8 Å². The number of alkyl halides is 5. The van der Waals surface area contributed by atoms with Gasteiger partial charge in [-0.2, -0.15) is 13.2 Å². The lowest BCUT2D eigenvalue weighted by molar-refractivity contribution is -0.147. The number of carbonyl (C=O) groups excluding carboxylic acids is 3. The monoisotopic (exact) mass is 572 g/mol. The Bertz CT molecular complexity index is 1250.